The molecule has 0 saturated heterocycles. The smallest absolute Gasteiger partial charge is 0.168 e. The number of thiol groups is 1. The van der Waals surface area contributed by atoms with E-state index in [0.29, 0.717) is 5.03 Å². The second kappa shape index (κ2) is 2.02. The van der Waals surface area contributed by atoms with Gasteiger partial charge in [-0.05, 0) is 12.1 Å². The topological polar surface area (TPSA) is 26.0 Å². The molecular weight excluding hydrogens is 146 g/mol. The monoisotopic (exact) mass is 150 g/mol. The van der Waals surface area contributed by atoms with Crippen molar-refractivity contribution in [2.75, 3.05) is 0 Å². The molecule has 2 rings (SSSR count). The fourth-order valence-corrected chi connectivity index (χ4v) is 1.03. The highest BCUT2D eigenvalue weighted by Crippen LogP contribution is 2.19. The van der Waals surface area contributed by atoms with E-state index in [1.165, 1.54) is 0 Å². The van der Waals surface area contributed by atoms with E-state index in [4.69, 9.17) is 4.52 Å². The summed E-state index contributed by atoms with van der Waals surface area (Å²) in [4.78, 5) is 0. The van der Waals surface area contributed by atoms with Crippen LogP contribution < -0.4 is 0 Å². The van der Waals surface area contributed by atoms with Gasteiger partial charge in [-0.2, -0.15) is 0 Å². The Labute approximate surface area is 63.2 Å². The van der Waals surface area contributed by atoms with Gasteiger partial charge in [0.15, 0.2) is 5.58 Å². The third-order valence-electron chi connectivity index (χ3n) is 1.27. The molecule has 0 aliphatic carbocycles. The molecule has 0 spiro atoms. The first-order valence-corrected chi connectivity index (χ1v) is 3.28. The fourth-order valence-electron chi connectivity index (χ4n) is 0.810. The fraction of sp³-hybridized carbons (Fsp3) is 0. The van der Waals surface area contributed by atoms with Gasteiger partial charge in [-0.3, -0.25) is 0 Å². The third-order valence-corrected chi connectivity index (χ3v) is 1.58. The van der Waals surface area contributed by atoms with Crippen molar-refractivity contribution >= 4 is 23.6 Å². The first-order valence-electron chi connectivity index (χ1n) is 2.83. The summed E-state index contributed by atoms with van der Waals surface area (Å²) in [6.45, 7) is 0. The van der Waals surface area contributed by atoms with Crippen LogP contribution in [0.4, 0.5) is 0 Å². The van der Waals surface area contributed by atoms with E-state index in [9.17, 15) is 0 Å². The highest BCUT2D eigenvalue weighted by molar-refractivity contribution is 7.80. The summed E-state index contributed by atoms with van der Waals surface area (Å²) < 4.78 is 4.89. The van der Waals surface area contributed by atoms with E-state index < -0.39 is 0 Å². The Morgan fingerprint density at radius 2 is 2.50 bits per heavy atom. The second-order valence-electron chi connectivity index (χ2n) is 1.92. The molecule has 1 heterocycles. The maximum absolute atomic E-state index is 4.89. The van der Waals surface area contributed by atoms with Crippen LogP contribution in [0.3, 0.4) is 0 Å². The van der Waals surface area contributed by atoms with Gasteiger partial charge >= 0.3 is 0 Å². The van der Waals surface area contributed by atoms with Crippen LogP contribution >= 0.6 is 12.6 Å². The standard InChI is InChI=1S/C7H4NOS/c10-7-5-3-1-2-4-6(5)9-8-7/h1-2,4H,(H,8,10). The lowest BCUT2D eigenvalue weighted by molar-refractivity contribution is 0.437. The molecule has 0 amide bonds. The zero-order chi connectivity index (χ0) is 6.97. The number of hydrogen-bond acceptors (Lipinski definition) is 3. The van der Waals surface area contributed by atoms with Crippen LogP contribution in [0.25, 0.3) is 11.0 Å². The van der Waals surface area contributed by atoms with Gasteiger partial charge in [0.2, 0.25) is 0 Å². The van der Waals surface area contributed by atoms with Crippen molar-refractivity contribution < 1.29 is 4.52 Å². The molecule has 3 heteroatoms. The maximum Gasteiger partial charge on any atom is 0.168 e. The van der Waals surface area contributed by atoms with Crippen molar-refractivity contribution in [3.05, 3.63) is 24.3 Å². The predicted octanol–water partition coefficient (Wildman–Crippen LogP) is 1.92. The lowest BCUT2D eigenvalue weighted by atomic mass is 10.3. The van der Waals surface area contributed by atoms with E-state index in [0.717, 1.165) is 11.0 Å². The molecule has 0 N–H and O–H groups in total. The van der Waals surface area contributed by atoms with Crippen LogP contribution in [0.5, 0.6) is 0 Å². The Morgan fingerprint density at radius 3 is 3.30 bits per heavy atom. The molecule has 1 radical (unpaired) electrons. The largest absolute Gasteiger partial charge is 0.355 e. The van der Waals surface area contributed by atoms with Gasteiger partial charge in [0, 0.05) is 0 Å². The quantitative estimate of drug-likeness (QED) is 0.580. The first-order chi connectivity index (χ1) is 4.88. The SMILES string of the molecule is Sc1noc2ccc[c]c12. The minimum atomic E-state index is 0.593. The number of aromatic nitrogens is 1. The lowest BCUT2D eigenvalue weighted by Crippen LogP contribution is -1.63. The summed E-state index contributed by atoms with van der Waals surface area (Å²) in [5, 5.41) is 5.09. The van der Waals surface area contributed by atoms with Gasteiger partial charge < -0.3 is 4.52 Å². The summed E-state index contributed by atoms with van der Waals surface area (Å²) >= 11 is 4.07. The first kappa shape index (κ1) is 5.80. The summed E-state index contributed by atoms with van der Waals surface area (Å²) in [6, 6.07) is 8.45. The van der Waals surface area contributed by atoms with E-state index in [1.807, 2.05) is 12.1 Å². The normalized spacial score (nSPS) is 10.5. The van der Waals surface area contributed by atoms with Gasteiger partial charge in [0.05, 0.1) is 5.39 Å². The summed E-state index contributed by atoms with van der Waals surface area (Å²) in [5.41, 5.74) is 0.729. The molecule has 2 nitrogen and oxygen atoms in total. The molecule has 0 saturated carbocycles. The van der Waals surface area contributed by atoms with Crippen LogP contribution in [0.15, 0.2) is 27.7 Å². The molecule has 0 atom stereocenters. The van der Waals surface area contributed by atoms with Crippen molar-refractivity contribution in [3.63, 3.8) is 0 Å². The molecule has 2 aromatic rings. The predicted molar refractivity (Wildman–Crippen MR) is 40.1 cm³/mol. The maximum atomic E-state index is 4.89. The van der Waals surface area contributed by atoms with Crippen molar-refractivity contribution in [3.8, 4) is 0 Å². The number of benzene rings is 1. The van der Waals surface area contributed by atoms with E-state index >= 15 is 0 Å². The second-order valence-corrected chi connectivity index (χ2v) is 2.34. The summed E-state index contributed by atoms with van der Waals surface area (Å²) in [5.74, 6) is 0. The Bertz CT molecular complexity index is 355. The zero-order valence-corrected chi connectivity index (χ0v) is 5.93. The van der Waals surface area contributed by atoms with E-state index in [2.05, 4.69) is 23.9 Å². The van der Waals surface area contributed by atoms with Gasteiger partial charge in [-0.1, -0.05) is 17.3 Å². The van der Waals surface area contributed by atoms with Crippen molar-refractivity contribution in [2.45, 2.75) is 5.03 Å². The number of hydrogen-bond donors (Lipinski definition) is 1. The Hall–Kier alpha value is -0.960. The van der Waals surface area contributed by atoms with Crippen LogP contribution in [-0.2, 0) is 0 Å². The average Bonchev–Trinajstić information content (AvgIpc) is 2.34. The average molecular weight is 150 g/mol. The molecule has 0 aliphatic rings. The Kier molecular flexibility index (Phi) is 1.17. The van der Waals surface area contributed by atoms with Gasteiger partial charge in [0.1, 0.15) is 5.03 Å². The third kappa shape index (κ3) is 0.708. The highest BCUT2D eigenvalue weighted by Gasteiger charge is 2.00. The van der Waals surface area contributed by atoms with Crippen molar-refractivity contribution in [1.29, 1.82) is 0 Å². The Balaban J connectivity index is 2.93. The molecular formula is C7H4NOS. The van der Waals surface area contributed by atoms with Crippen molar-refractivity contribution in [1.82, 2.24) is 5.16 Å². The van der Waals surface area contributed by atoms with Crippen LogP contribution in [0, 0.1) is 6.07 Å². The molecule has 49 valence electrons. The molecule has 0 unspecified atom stereocenters. The molecule has 0 bridgehead atoms. The van der Waals surface area contributed by atoms with Crippen LogP contribution in [0.1, 0.15) is 0 Å². The number of fused-ring (bicyclic) bond motifs is 1. The highest BCUT2D eigenvalue weighted by atomic mass is 32.1. The molecule has 1 aromatic carbocycles. The van der Waals surface area contributed by atoms with Gasteiger partial charge in [-0.15, -0.1) is 12.6 Å². The minimum Gasteiger partial charge on any atom is -0.355 e. The summed E-state index contributed by atoms with van der Waals surface area (Å²) in [7, 11) is 0. The van der Waals surface area contributed by atoms with E-state index in [1.54, 1.807) is 6.07 Å². The molecule has 1 aromatic heterocycles. The number of rotatable bonds is 0. The molecule has 0 fully saturated rings. The van der Waals surface area contributed by atoms with Crippen molar-refractivity contribution in [2.24, 2.45) is 0 Å². The van der Waals surface area contributed by atoms with E-state index in [-0.39, 0.29) is 0 Å². The zero-order valence-electron chi connectivity index (χ0n) is 5.03. The number of nitrogens with zero attached hydrogens (tertiary/aromatic N) is 1. The molecule has 10 heavy (non-hydrogen) atoms. The summed E-state index contributed by atoms with van der Waals surface area (Å²) in [6.07, 6.45) is 0. The lowest BCUT2D eigenvalue weighted by Gasteiger charge is -1.80. The van der Waals surface area contributed by atoms with Crippen LogP contribution in [0.2, 0.25) is 0 Å². The minimum absolute atomic E-state index is 0.593. The van der Waals surface area contributed by atoms with Crippen LogP contribution in [-0.4, -0.2) is 5.16 Å². The van der Waals surface area contributed by atoms with Gasteiger partial charge in [-0.25, -0.2) is 0 Å². The van der Waals surface area contributed by atoms with Gasteiger partial charge in [0.25, 0.3) is 0 Å². The Morgan fingerprint density at radius 1 is 1.60 bits per heavy atom. The molecule has 0 aliphatic heterocycles.